The van der Waals surface area contributed by atoms with Gasteiger partial charge in [0.2, 0.25) is 11.8 Å². The van der Waals surface area contributed by atoms with Crippen molar-refractivity contribution in [2.45, 2.75) is 18.4 Å². The van der Waals surface area contributed by atoms with E-state index in [9.17, 15) is 4.79 Å². The summed E-state index contributed by atoms with van der Waals surface area (Å²) in [6.07, 6.45) is 3.84. The molecule has 1 N–H and O–H groups in total. The van der Waals surface area contributed by atoms with Crippen molar-refractivity contribution in [2.24, 2.45) is 0 Å². The number of nitrogens with one attached hydrogen (secondary N) is 1. The molecule has 0 fully saturated rings. The van der Waals surface area contributed by atoms with Crippen LogP contribution in [0.3, 0.4) is 0 Å². The summed E-state index contributed by atoms with van der Waals surface area (Å²) >= 11 is 1.57. The largest absolute Gasteiger partial charge is 0.441 e. The van der Waals surface area contributed by atoms with Crippen LogP contribution < -0.4 is 5.32 Å². The molecular formula is C18H17N3O2S. The third-order valence-electron chi connectivity index (χ3n) is 3.23. The summed E-state index contributed by atoms with van der Waals surface area (Å²) < 4.78 is 5.51. The molecule has 1 aromatic carbocycles. The van der Waals surface area contributed by atoms with Crippen LogP contribution >= 0.6 is 11.8 Å². The Morgan fingerprint density at radius 2 is 2.12 bits per heavy atom. The predicted molar refractivity (Wildman–Crippen MR) is 94.9 cm³/mol. The van der Waals surface area contributed by atoms with Crippen molar-refractivity contribution in [3.05, 3.63) is 60.6 Å². The van der Waals surface area contributed by atoms with E-state index in [1.165, 1.54) is 0 Å². The minimum absolute atomic E-state index is 0.0286. The first-order valence-corrected chi connectivity index (χ1v) is 8.56. The molecule has 2 heterocycles. The van der Waals surface area contributed by atoms with Gasteiger partial charge in [0.05, 0.1) is 11.2 Å². The van der Waals surface area contributed by atoms with Crippen molar-refractivity contribution in [2.75, 3.05) is 11.1 Å². The number of aryl methyl sites for hydroxylation is 1. The van der Waals surface area contributed by atoms with E-state index in [-0.39, 0.29) is 5.91 Å². The molecule has 122 valence electrons. The van der Waals surface area contributed by atoms with E-state index in [0.29, 0.717) is 18.1 Å². The number of hydrogen-bond acceptors (Lipinski definition) is 5. The molecule has 0 aliphatic rings. The SMILES string of the molecule is Cc1cnc(-c2cccc(NC(=O)CCSc3ccccn3)c2)o1. The van der Waals surface area contributed by atoms with Crippen LogP contribution in [-0.4, -0.2) is 21.6 Å². The second-order valence-electron chi connectivity index (χ2n) is 5.17. The number of benzene rings is 1. The molecule has 0 atom stereocenters. The number of hydrogen-bond donors (Lipinski definition) is 1. The number of aromatic nitrogens is 2. The number of thioether (sulfide) groups is 1. The molecule has 24 heavy (non-hydrogen) atoms. The Labute approximate surface area is 144 Å². The van der Waals surface area contributed by atoms with Gasteiger partial charge in [0.25, 0.3) is 0 Å². The lowest BCUT2D eigenvalue weighted by Gasteiger charge is -2.06. The Kier molecular flexibility index (Phi) is 5.28. The average molecular weight is 339 g/mol. The van der Waals surface area contributed by atoms with Gasteiger partial charge >= 0.3 is 0 Å². The van der Waals surface area contributed by atoms with Crippen LogP contribution in [0.1, 0.15) is 12.2 Å². The van der Waals surface area contributed by atoms with Gasteiger partial charge < -0.3 is 9.73 Å². The fourth-order valence-corrected chi connectivity index (χ4v) is 2.93. The van der Waals surface area contributed by atoms with Crippen LogP contribution in [0.5, 0.6) is 0 Å². The minimum Gasteiger partial charge on any atom is -0.441 e. The number of nitrogens with zero attached hydrogens (tertiary/aromatic N) is 2. The quantitative estimate of drug-likeness (QED) is 0.683. The Morgan fingerprint density at radius 1 is 1.21 bits per heavy atom. The molecule has 0 saturated carbocycles. The number of rotatable bonds is 6. The van der Waals surface area contributed by atoms with E-state index in [2.05, 4.69) is 15.3 Å². The molecule has 0 aliphatic heterocycles. The standard InChI is InChI=1S/C18H17N3O2S/c1-13-12-20-18(23-13)14-5-4-6-15(11-14)21-16(22)8-10-24-17-7-2-3-9-19-17/h2-7,9,11-12H,8,10H2,1H3,(H,21,22). The molecule has 0 bridgehead atoms. The van der Waals surface area contributed by atoms with Gasteiger partial charge in [-0.05, 0) is 37.3 Å². The van der Waals surface area contributed by atoms with Gasteiger partial charge in [-0.15, -0.1) is 11.8 Å². The van der Waals surface area contributed by atoms with E-state index in [1.807, 2.05) is 49.4 Å². The fourth-order valence-electron chi connectivity index (χ4n) is 2.12. The second-order valence-corrected chi connectivity index (χ2v) is 6.29. The molecule has 6 heteroatoms. The molecule has 0 radical (unpaired) electrons. The average Bonchev–Trinajstić information content (AvgIpc) is 3.03. The number of carbonyl (C=O) groups excluding carboxylic acids is 1. The third-order valence-corrected chi connectivity index (χ3v) is 4.18. The monoisotopic (exact) mass is 339 g/mol. The van der Waals surface area contributed by atoms with Crippen molar-refractivity contribution >= 4 is 23.4 Å². The molecule has 1 amide bonds. The van der Waals surface area contributed by atoms with Gasteiger partial charge in [0.1, 0.15) is 5.76 Å². The third kappa shape index (κ3) is 4.45. The van der Waals surface area contributed by atoms with Crippen molar-refractivity contribution in [1.29, 1.82) is 0 Å². The first-order valence-electron chi connectivity index (χ1n) is 7.57. The van der Waals surface area contributed by atoms with Crippen LogP contribution in [0.25, 0.3) is 11.5 Å². The topological polar surface area (TPSA) is 68.0 Å². The Balaban J connectivity index is 1.54. The highest BCUT2D eigenvalue weighted by atomic mass is 32.2. The van der Waals surface area contributed by atoms with E-state index in [4.69, 9.17) is 4.42 Å². The second kappa shape index (κ2) is 7.79. The van der Waals surface area contributed by atoms with Crippen molar-refractivity contribution in [3.63, 3.8) is 0 Å². The normalized spacial score (nSPS) is 10.5. The molecule has 0 unspecified atom stereocenters. The predicted octanol–water partition coefficient (Wildman–Crippen LogP) is 4.17. The number of pyridine rings is 1. The van der Waals surface area contributed by atoms with E-state index in [0.717, 1.165) is 22.0 Å². The highest BCUT2D eigenvalue weighted by molar-refractivity contribution is 7.99. The maximum atomic E-state index is 12.1. The zero-order valence-electron chi connectivity index (χ0n) is 13.2. The first kappa shape index (κ1) is 16.3. The summed E-state index contributed by atoms with van der Waals surface area (Å²) in [4.78, 5) is 20.5. The molecule has 0 saturated heterocycles. The minimum atomic E-state index is -0.0286. The number of anilines is 1. The van der Waals surface area contributed by atoms with Crippen LogP contribution in [0, 0.1) is 6.92 Å². The van der Waals surface area contributed by atoms with E-state index in [1.54, 1.807) is 24.2 Å². The van der Waals surface area contributed by atoms with Gasteiger partial charge in [0, 0.05) is 29.6 Å². The van der Waals surface area contributed by atoms with Crippen LogP contribution in [0.15, 0.2) is 64.3 Å². The van der Waals surface area contributed by atoms with E-state index >= 15 is 0 Å². The highest BCUT2D eigenvalue weighted by Crippen LogP contribution is 2.22. The van der Waals surface area contributed by atoms with Crippen LogP contribution in [0.4, 0.5) is 5.69 Å². The Bertz CT molecular complexity index is 818. The molecule has 3 rings (SSSR count). The van der Waals surface area contributed by atoms with Crippen molar-refractivity contribution in [1.82, 2.24) is 9.97 Å². The van der Waals surface area contributed by atoms with E-state index < -0.39 is 0 Å². The summed E-state index contributed by atoms with van der Waals surface area (Å²) in [5.74, 6) is 1.96. The van der Waals surface area contributed by atoms with Crippen LogP contribution in [-0.2, 0) is 4.79 Å². The molecular weight excluding hydrogens is 322 g/mol. The molecule has 3 aromatic rings. The summed E-state index contributed by atoms with van der Waals surface area (Å²) in [5, 5.41) is 3.83. The van der Waals surface area contributed by atoms with Gasteiger partial charge in [-0.1, -0.05) is 12.1 Å². The van der Waals surface area contributed by atoms with Gasteiger partial charge in [-0.2, -0.15) is 0 Å². The van der Waals surface area contributed by atoms with Crippen LogP contribution in [0.2, 0.25) is 0 Å². The smallest absolute Gasteiger partial charge is 0.226 e. The summed E-state index contributed by atoms with van der Waals surface area (Å²) in [6, 6.07) is 13.2. The summed E-state index contributed by atoms with van der Waals surface area (Å²) in [7, 11) is 0. The Morgan fingerprint density at radius 3 is 2.88 bits per heavy atom. The highest BCUT2D eigenvalue weighted by Gasteiger charge is 2.07. The molecule has 5 nitrogen and oxygen atoms in total. The van der Waals surface area contributed by atoms with Gasteiger partial charge in [-0.25, -0.2) is 9.97 Å². The zero-order chi connectivity index (χ0) is 16.8. The van der Waals surface area contributed by atoms with Crippen molar-refractivity contribution in [3.8, 4) is 11.5 Å². The number of oxazole rings is 1. The molecule has 0 aliphatic carbocycles. The Hall–Kier alpha value is -2.60. The number of amides is 1. The maximum Gasteiger partial charge on any atom is 0.226 e. The van der Waals surface area contributed by atoms with Crippen molar-refractivity contribution < 1.29 is 9.21 Å². The lowest BCUT2D eigenvalue weighted by atomic mass is 10.2. The summed E-state index contributed by atoms with van der Waals surface area (Å²) in [5.41, 5.74) is 1.57. The zero-order valence-corrected chi connectivity index (χ0v) is 14.0. The first-order chi connectivity index (χ1) is 11.7. The maximum absolute atomic E-state index is 12.1. The van der Waals surface area contributed by atoms with Gasteiger partial charge in [-0.3, -0.25) is 4.79 Å². The number of carbonyl (C=O) groups is 1. The fraction of sp³-hybridized carbons (Fsp3) is 0.167. The lowest BCUT2D eigenvalue weighted by molar-refractivity contribution is -0.115. The van der Waals surface area contributed by atoms with Gasteiger partial charge in [0.15, 0.2) is 0 Å². The summed E-state index contributed by atoms with van der Waals surface area (Å²) in [6.45, 7) is 1.85. The molecule has 0 spiro atoms. The molecule has 2 aromatic heterocycles. The lowest BCUT2D eigenvalue weighted by Crippen LogP contribution is -2.12.